The summed E-state index contributed by atoms with van der Waals surface area (Å²) in [5.74, 6) is -1.39. The minimum Gasteiger partial charge on any atom is -0.503 e. The highest BCUT2D eigenvalue weighted by Gasteiger charge is 2.44. The summed E-state index contributed by atoms with van der Waals surface area (Å²) in [6, 6.07) is 14.4. The van der Waals surface area contributed by atoms with Gasteiger partial charge in [0, 0.05) is 31.4 Å². The number of Topliss-reactive ketones (excluding diaryl/α,β-unsaturated/α-hetero) is 1. The Bertz CT molecular complexity index is 1260. The zero-order valence-electron chi connectivity index (χ0n) is 19.5. The van der Waals surface area contributed by atoms with Gasteiger partial charge in [0.25, 0.3) is 5.91 Å². The van der Waals surface area contributed by atoms with Gasteiger partial charge in [-0.1, -0.05) is 35.9 Å². The number of anilines is 1. The van der Waals surface area contributed by atoms with Crippen molar-refractivity contribution in [2.75, 3.05) is 25.5 Å². The van der Waals surface area contributed by atoms with Crippen LogP contribution in [0.3, 0.4) is 0 Å². The molecule has 0 spiro atoms. The Morgan fingerprint density at radius 2 is 1.76 bits per heavy atom. The molecule has 1 atom stereocenters. The lowest BCUT2D eigenvalue weighted by atomic mass is 9.94. The smallest absolute Gasteiger partial charge is 0.290 e. The van der Waals surface area contributed by atoms with E-state index in [1.807, 2.05) is 62.3 Å². The predicted octanol–water partition coefficient (Wildman–Crippen LogP) is 5.30. The number of halogens is 1. The molecule has 8 heteroatoms. The molecule has 0 saturated carbocycles. The molecular weight excluding hydrogens is 470 g/mol. The summed E-state index contributed by atoms with van der Waals surface area (Å²) in [5, 5.41) is 12.3. The quantitative estimate of drug-likeness (QED) is 0.450. The third kappa shape index (κ3) is 4.58. The summed E-state index contributed by atoms with van der Waals surface area (Å²) in [7, 11) is 3.89. The predicted molar refractivity (Wildman–Crippen MR) is 136 cm³/mol. The summed E-state index contributed by atoms with van der Waals surface area (Å²) < 4.78 is 0. The van der Waals surface area contributed by atoms with Gasteiger partial charge in [0.1, 0.15) is 0 Å². The van der Waals surface area contributed by atoms with Crippen LogP contribution < -0.4 is 4.90 Å². The van der Waals surface area contributed by atoms with Gasteiger partial charge in [-0.2, -0.15) is 0 Å². The first kappa shape index (κ1) is 24.0. The van der Waals surface area contributed by atoms with Gasteiger partial charge in [-0.15, -0.1) is 11.3 Å². The van der Waals surface area contributed by atoms with E-state index in [-0.39, 0.29) is 11.4 Å². The van der Waals surface area contributed by atoms with E-state index in [2.05, 4.69) is 4.98 Å². The molecule has 3 aromatic rings. The zero-order valence-corrected chi connectivity index (χ0v) is 21.1. The molecule has 4 rings (SSSR count). The summed E-state index contributed by atoms with van der Waals surface area (Å²) in [6.07, 6.45) is 0.558. The lowest BCUT2D eigenvalue weighted by molar-refractivity contribution is -0.129. The number of hydrogen-bond donors (Lipinski definition) is 1. The van der Waals surface area contributed by atoms with Crippen LogP contribution in [-0.2, 0) is 11.2 Å². The Kier molecular flexibility index (Phi) is 6.77. The molecule has 2 aromatic carbocycles. The highest BCUT2D eigenvalue weighted by Crippen LogP contribution is 2.40. The molecule has 1 N–H and O–H groups in total. The van der Waals surface area contributed by atoms with E-state index < -0.39 is 17.7 Å². The molecule has 2 heterocycles. The number of nitrogens with zero attached hydrogens (tertiary/aromatic N) is 3. The fourth-order valence-corrected chi connectivity index (χ4v) is 5.18. The van der Waals surface area contributed by atoms with E-state index in [9.17, 15) is 14.7 Å². The van der Waals surface area contributed by atoms with Gasteiger partial charge in [0.15, 0.2) is 5.76 Å². The van der Waals surface area contributed by atoms with Gasteiger partial charge < -0.3 is 14.9 Å². The van der Waals surface area contributed by atoms with Crippen molar-refractivity contribution >= 4 is 40.3 Å². The number of aliphatic hydroxyl groups is 1. The number of aryl methyl sites for hydroxylation is 2. The second-order valence-electron chi connectivity index (χ2n) is 8.50. The first-order chi connectivity index (χ1) is 16.2. The fourth-order valence-electron chi connectivity index (χ4n) is 4.18. The lowest BCUT2D eigenvalue weighted by Crippen LogP contribution is -2.33. The fraction of sp³-hybridized carbons (Fsp3) is 0.269. The highest BCUT2D eigenvalue weighted by molar-refractivity contribution is 7.14. The molecule has 0 saturated heterocycles. The van der Waals surface area contributed by atoms with Crippen LogP contribution in [0.4, 0.5) is 5.69 Å². The van der Waals surface area contributed by atoms with Crippen LogP contribution in [0, 0.1) is 13.8 Å². The van der Waals surface area contributed by atoms with Crippen molar-refractivity contribution in [1.82, 2.24) is 9.88 Å². The normalized spacial score (nSPS) is 15.9. The third-order valence-corrected chi connectivity index (χ3v) is 7.26. The number of rotatable bonds is 7. The number of carbonyl (C=O) groups excluding carboxylic acids is 2. The molecule has 0 bridgehead atoms. The molecule has 6 nitrogen and oxygen atoms in total. The lowest BCUT2D eigenvalue weighted by Gasteiger charge is -2.27. The zero-order chi connectivity index (χ0) is 24.6. The van der Waals surface area contributed by atoms with Crippen molar-refractivity contribution in [3.63, 3.8) is 0 Å². The second kappa shape index (κ2) is 9.60. The van der Waals surface area contributed by atoms with Crippen molar-refractivity contribution < 1.29 is 14.7 Å². The van der Waals surface area contributed by atoms with Gasteiger partial charge in [-0.3, -0.25) is 9.59 Å². The summed E-state index contributed by atoms with van der Waals surface area (Å²) in [6.45, 7) is 3.94. The maximum Gasteiger partial charge on any atom is 0.290 e. The molecule has 0 radical (unpaired) electrons. The van der Waals surface area contributed by atoms with Crippen molar-refractivity contribution in [2.24, 2.45) is 0 Å². The Morgan fingerprint density at radius 1 is 1.12 bits per heavy atom. The summed E-state index contributed by atoms with van der Waals surface area (Å²) in [4.78, 5) is 35.2. The van der Waals surface area contributed by atoms with Crippen molar-refractivity contribution in [3.8, 4) is 0 Å². The second-order valence-corrected chi connectivity index (χ2v) is 10.1. The third-order valence-electron chi connectivity index (χ3n) is 5.94. The molecule has 1 aliphatic heterocycles. The van der Waals surface area contributed by atoms with Gasteiger partial charge in [0.05, 0.1) is 27.2 Å². The minimum absolute atomic E-state index is 0.102. The van der Waals surface area contributed by atoms with Crippen LogP contribution in [0.5, 0.6) is 0 Å². The summed E-state index contributed by atoms with van der Waals surface area (Å²) >= 11 is 7.27. The van der Waals surface area contributed by atoms with Gasteiger partial charge in [-0.25, -0.2) is 4.98 Å². The van der Waals surface area contributed by atoms with Gasteiger partial charge in [-0.05, 0) is 55.7 Å². The molecule has 176 valence electrons. The Morgan fingerprint density at radius 3 is 2.32 bits per heavy atom. The Balaban J connectivity index is 1.73. The monoisotopic (exact) mass is 495 g/mol. The number of aliphatic hydroxyl groups excluding tert-OH is 1. The standard InChI is InChI=1S/C26H26ClN3O3S/c1-15-25(34-16(2)28-15)23(31)21-22(18-7-11-20(12-8-18)29(3)4)30(26(33)24(21)32)14-13-17-5-9-19(27)10-6-17/h5-12,22,32H,13-14H2,1-4H3. The van der Waals surface area contributed by atoms with E-state index in [1.165, 1.54) is 11.3 Å². The average molecular weight is 496 g/mol. The Labute approximate surface area is 208 Å². The topological polar surface area (TPSA) is 73.7 Å². The first-order valence-corrected chi connectivity index (χ1v) is 12.1. The van der Waals surface area contributed by atoms with Crippen molar-refractivity contribution in [2.45, 2.75) is 26.3 Å². The maximum atomic E-state index is 13.6. The van der Waals surface area contributed by atoms with Crippen LogP contribution >= 0.6 is 22.9 Å². The van der Waals surface area contributed by atoms with Crippen molar-refractivity contribution in [3.05, 3.63) is 91.6 Å². The van der Waals surface area contributed by atoms with Crippen molar-refractivity contribution in [1.29, 1.82) is 0 Å². The molecule has 0 aliphatic carbocycles. The SMILES string of the molecule is Cc1nc(C)c(C(=O)C2=C(O)C(=O)N(CCc3ccc(Cl)cc3)C2c2ccc(N(C)C)cc2)s1. The van der Waals surface area contributed by atoms with Crippen LogP contribution in [0.15, 0.2) is 59.9 Å². The molecule has 34 heavy (non-hydrogen) atoms. The van der Waals surface area contributed by atoms with E-state index >= 15 is 0 Å². The van der Waals surface area contributed by atoms with Gasteiger partial charge in [0.2, 0.25) is 5.78 Å². The molecule has 1 amide bonds. The number of benzene rings is 2. The number of thiazole rings is 1. The van der Waals surface area contributed by atoms with E-state index in [0.717, 1.165) is 21.8 Å². The number of hydrogen-bond acceptors (Lipinski definition) is 6. The largest absolute Gasteiger partial charge is 0.503 e. The van der Waals surface area contributed by atoms with Crippen LogP contribution in [0.1, 0.15) is 37.5 Å². The van der Waals surface area contributed by atoms with E-state index in [1.54, 1.807) is 24.0 Å². The summed E-state index contributed by atoms with van der Waals surface area (Å²) in [5.41, 5.74) is 3.47. The van der Waals surface area contributed by atoms with Crippen LogP contribution in [0.2, 0.25) is 5.02 Å². The molecule has 1 aromatic heterocycles. The van der Waals surface area contributed by atoms with E-state index in [4.69, 9.17) is 11.6 Å². The molecular formula is C26H26ClN3O3S. The number of ketones is 1. The van der Waals surface area contributed by atoms with Crippen LogP contribution in [-0.4, -0.2) is 47.3 Å². The molecule has 1 unspecified atom stereocenters. The number of amides is 1. The van der Waals surface area contributed by atoms with Crippen LogP contribution in [0.25, 0.3) is 0 Å². The molecule has 0 fully saturated rings. The highest BCUT2D eigenvalue weighted by atomic mass is 35.5. The molecule has 1 aliphatic rings. The van der Waals surface area contributed by atoms with Gasteiger partial charge >= 0.3 is 0 Å². The van der Waals surface area contributed by atoms with E-state index in [0.29, 0.717) is 28.6 Å². The minimum atomic E-state index is -0.690. The number of aromatic nitrogens is 1. The Hall–Kier alpha value is -3.16. The average Bonchev–Trinajstić information content (AvgIpc) is 3.28. The maximum absolute atomic E-state index is 13.6. The number of carbonyl (C=O) groups is 2. The first-order valence-electron chi connectivity index (χ1n) is 10.9.